The first-order chi connectivity index (χ1) is 17.4. The van der Waals surface area contributed by atoms with Gasteiger partial charge in [0.1, 0.15) is 11.5 Å². The fourth-order valence-corrected chi connectivity index (χ4v) is 5.18. The van der Waals surface area contributed by atoms with E-state index < -0.39 is 22.7 Å². The summed E-state index contributed by atoms with van der Waals surface area (Å²) in [5, 5.41) is 22.8. The van der Waals surface area contributed by atoms with Crippen molar-refractivity contribution in [2.75, 3.05) is 11.5 Å². The molecular weight excluding hydrogens is 482 g/mol. The van der Waals surface area contributed by atoms with Gasteiger partial charge in [-0.15, -0.1) is 0 Å². The number of carbonyl (C=O) groups excluding carboxylic acids is 2. The molecule has 36 heavy (non-hydrogen) atoms. The van der Waals surface area contributed by atoms with E-state index in [0.29, 0.717) is 29.0 Å². The molecule has 1 saturated heterocycles. The molecule has 9 nitrogen and oxygen atoms in total. The Morgan fingerprint density at radius 3 is 2.61 bits per heavy atom. The predicted molar refractivity (Wildman–Crippen MR) is 135 cm³/mol. The summed E-state index contributed by atoms with van der Waals surface area (Å²) in [5.74, 6) is -1.51. The number of nitro benzene ring substituents is 1. The Balaban J connectivity index is 1.72. The number of thiazole rings is 1. The van der Waals surface area contributed by atoms with E-state index in [-0.39, 0.29) is 22.2 Å². The third-order valence-electron chi connectivity index (χ3n) is 5.75. The Kier molecular flexibility index (Phi) is 5.95. The van der Waals surface area contributed by atoms with Crippen molar-refractivity contribution in [2.45, 2.75) is 13.0 Å². The molecule has 1 atom stereocenters. The number of amides is 1. The highest BCUT2D eigenvalue weighted by molar-refractivity contribution is 7.22. The van der Waals surface area contributed by atoms with Crippen LogP contribution in [0.1, 0.15) is 24.1 Å². The van der Waals surface area contributed by atoms with E-state index in [0.717, 1.165) is 4.70 Å². The maximum absolute atomic E-state index is 13.3. The number of ether oxygens (including phenoxy) is 1. The third-order valence-corrected chi connectivity index (χ3v) is 6.77. The van der Waals surface area contributed by atoms with Crippen molar-refractivity contribution < 1.29 is 24.4 Å². The van der Waals surface area contributed by atoms with Crippen molar-refractivity contribution in [1.82, 2.24) is 4.98 Å². The number of carbonyl (C=O) groups is 2. The molecule has 1 aliphatic heterocycles. The summed E-state index contributed by atoms with van der Waals surface area (Å²) in [5.41, 5.74) is 0.873. The SMILES string of the molecule is CCOc1ccc2nc(N3C(=O)C(=O)/C(=C(/O)c4ccccc4)[C@H]3c3cccc([N+](=O)[O-])c3)sc2c1. The van der Waals surface area contributed by atoms with Gasteiger partial charge in [0.05, 0.1) is 33.4 Å². The summed E-state index contributed by atoms with van der Waals surface area (Å²) >= 11 is 1.18. The smallest absolute Gasteiger partial charge is 0.301 e. The van der Waals surface area contributed by atoms with Crippen molar-refractivity contribution >= 4 is 49.8 Å². The molecule has 3 aromatic carbocycles. The van der Waals surface area contributed by atoms with Crippen LogP contribution >= 0.6 is 11.3 Å². The maximum Gasteiger partial charge on any atom is 0.301 e. The molecule has 1 amide bonds. The normalized spacial score (nSPS) is 17.0. The van der Waals surface area contributed by atoms with Crippen molar-refractivity contribution in [3.05, 3.63) is 99.6 Å². The molecule has 1 N–H and O–H groups in total. The fraction of sp³-hybridized carbons (Fsp3) is 0.115. The van der Waals surface area contributed by atoms with E-state index in [1.807, 2.05) is 6.92 Å². The van der Waals surface area contributed by atoms with E-state index >= 15 is 0 Å². The van der Waals surface area contributed by atoms with E-state index in [9.17, 15) is 24.8 Å². The number of aromatic nitrogens is 1. The standard InChI is InChI=1S/C26H19N3O6S/c1-2-35-18-11-12-19-20(14-18)36-26(27-19)28-22(16-9-6-10-17(13-16)29(33)34)21(24(31)25(28)32)23(30)15-7-4-3-5-8-15/h3-14,22,30H,2H2,1H3/b23-21+/t22-/m1/s1. The quantitative estimate of drug-likeness (QED) is 0.126. The lowest BCUT2D eigenvalue weighted by atomic mass is 9.95. The van der Waals surface area contributed by atoms with Crippen molar-refractivity contribution in [3.63, 3.8) is 0 Å². The van der Waals surface area contributed by atoms with Crippen LogP contribution in [-0.2, 0) is 9.59 Å². The van der Waals surface area contributed by atoms with Gasteiger partial charge in [0.2, 0.25) is 0 Å². The number of hydrogen-bond donors (Lipinski definition) is 1. The third kappa shape index (κ3) is 3.97. The minimum Gasteiger partial charge on any atom is -0.507 e. The molecule has 0 radical (unpaired) electrons. The maximum atomic E-state index is 13.3. The number of rotatable bonds is 6. The molecular formula is C26H19N3O6S. The lowest BCUT2D eigenvalue weighted by molar-refractivity contribution is -0.384. The molecule has 2 heterocycles. The molecule has 1 aliphatic rings. The van der Waals surface area contributed by atoms with E-state index in [2.05, 4.69) is 4.98 Å². The Labute approximate surface area is 209 Å². The van der Waals surface area contributed by atoms with Crippen LogP contribution in [0.4, 0.5) is 10.8 Å². The molecule has 5 rings (SSSR count). The van der Waals surface area contributed by atoms with Crippen molar-refractivity contribution in [1.29, 1.82) is 0 Å². The van der Waals surface area contributed by atoms with E-state index in [4.69, 9.17) is 4.74 Å². The molecule has 0 unspecified atom stereocenters. The van der Waals surface area contributed by atoms with Gasteiger partial charge in [-0.3, -0.25) is 24.6 Å². The van der Waals surface area contributed by atoms with Crippen LogP contribution in [0, 0.1) is 10.1 Å². The molecule has 180 valence electrons. The van der Waals surface area contributed by atoms with Gasteiger partial charge in [-0.1, -0.05) is 53.8 Å². The van der Waals surface area contributed by atoms with Crippen LogP contribution in [0.15, 0.2) is 78.4 Å². The first kappa shape index (κ1) is 23.2. The minimum absolute atomic E-state index is 0.166. The number of fused-ring (bicyclic) bond motifs is 1. The van der Waals surface area contributed by atoms with Gasteiger partial charge < -0.3 is 9.84 Å². The van der Waals surface area contributed by atoms with Gasteiger partial charge in [-0.05, 0) is 30.7 Å². The fourth-order valence-electron chi connectivity index (χ4n) is 4.16. The van der Waals surface area contributed by atoms with Crippen LogP contribution in [0.25, 0.3) is 16.0 Å². The van der Waals surface area contributed by atoms with Crippen molar-refractivity contribution in [3.8, 4) is 5.75 Å². The van der Waals surface area contributed by atoms with Crippen LogP contribution in [-0.4, -0.2) is 33.3 Å². The average Bonchev–Trinajstić information content (AvgIpc) is 3.42. The van der Waals surface area contributed by atoms with Gasteiger partial charge in [-0.25, -0.2) is 4.98 Å². The molecule has 0 aliphatic carbocycles. The molecule has 0 bridgehead atoms. The van der Waals surface area contributed by atoms with Crippen LogP contribution < -0.4 is 9.64 Å². The Bertz CT molecular complexity index is 1550. The zero-order valence-corrected chi connectivity index (χ0v) is 19.8. The van der Waals surface area contributed by atoms with Gasteiger partial charge in [0.15, 0.2) is 5.13 Å². The number of hydrogen-bond acceptors (Lipinski definition) is 8. The van der Waals surface area contributed by atoms with Crippen molar-refractivity contribution in [2.24, 2.45) is 0 Å². The number of nitrogens with zero attached hydrogens (tertiary/aromatic N) is 3. The summed E-state index contributed by atoms with van der Waals surface area (Å²) in [4.78, 5) is 43.3. The molecule has 0 spiro atoms. The average molecular weight is 502 g/mol. The summed E-state index contributed by atoms with van der Waals surface area (Å²) in [7, 11) is 0. The van der Waals surface area contributed by atoms with Crippen LogP contribution in [0.5, 0.6) is 5.75 Å². The van der Waals surface area contributed by atoms with Gasteiger partial charge in [0.25, 0.3) is 11.5 Å². The summed E-state index contributed by atoms with van der Waals surface area (Å²) in [6.45, 7) is 2.35. The molecule has 1 fully saturated rings. The Hall–Kier alpha value is -4.57. The number of aliphatic hydroxyl groups is 1. The number of non-ortho nitro benzene ring substituents is 1. The number of Topliss-reactive ketones (excluding diaryl/α,β-unsaturated/α-hetero) is 1. The molecule has 1 aromatic heterocycles. The molecule has 0 saturated carbocycles. The molecule has 10 heteroatoms. The Morgan fingerprint density at radius 1 is 1.11 bits per heavy atom. The highest BCUT2D eigenvalue weighted by atomic mass is 32.1. The zero-order valence-electron chi connectivity index (χ0n) is 19.0. The molecule has 4 aromatic rings. The van der Waals surface area contributed by atoms with Gasteiger partial charge in [-0.2, -0.15) is 0 Å². The second-order valence-corrected chi connectivity index (χ2v) is 8.96. The minimum atomic E-state index is -1.11. The first-order valence-electron chi connectivity index (χ1n) is 11.0. The lowest BCUT2D eigenvalue weighted by Gasteiger charge is -2.22. The number of ketones is 1. The highest BCUT2D eigenvalue weighted by Crippen LogP contribution is 2.45. The Morgan fingerprint density at radius 2 is 1.89 bits per heavy atom. The number of anilines is 1. The summed E-state index contributed by atoms with van der Waals surface area (Å²) < 4.78 is 6.29. The van der Waals surface area contributed by atoms with E-state index in [1.54, 1.807) is 54.6 Å². The van der Waals surface area contributed by atoms with E-state index in [1.165, 1.54) is 34.4 Å². The predicted octanol–water partition coefficient (Wildman–Crippen LogP) is 5.23. The van der Waals surface area contributed by atoms with Crippen LogP contribution in [0.2, 0.25) is 0 Å². The van der Waals surface area contributed by atoms with Gasteiger partial charge >= 0.3 is 5.91 Å². The summed E-state index contributed by atoms with van der Waals surface area (Å²) in [6.07, 6.45) is 0. The van der Waals surface area contributed by atoms with Gasteiger partial charge in [0, 0.05) is 17.7 Å². The second kappa shape index (κ2) is 9.23. The second-order valence-electron chi connectivity index (χ2n) is 7.95. The number of aliphatic hydroxyl groups excluding tert-OH is 1. The first-order valence-corrected chi connectivity index (χ1v) is 11.8. The topological polar surface area (TPSA) is 123 Å². The highest BCUT2D eigenvalue weighted by Gasteiger charge is 2.48. The monoisotopic (exact) mass is 501 g/mol. The largest absolute Gasteiger partial charge is 0.507 e. The lowest BCUT2D eigenvalue weighted by Crippen LogP contribution is -2.29. The number of benzene rings is 3. The summed E-state index contributed by atoms with van der Waals surface area (Å²) in [6, 6.07) is 18.2. The van der Waals surface area contributed by atoms with Crippen LogP contribution in [0.3, 0.4) is 0 Å². The zero-order chi connectivity index (χ0) is 25.4. The number of nitro groups is 1.